The van der Waals surface area contributed by atoms with E-state index in [-0.39, 0.29) is 5.97 Å². The first-order chi connectivity index (χ1) is 10.1. The number of halogens is 1. The number of hydrogen-bond acceptors (Lipinski definition) is 5. The molecule has 0 amide bonds. The van der Waals surface area contributed by atoms with Crippen LogP contribution in [-0.2, 0) is 9.53 Å². The summed E-state index contributed by atoms with van der Waals surface area (Å²) in [6.45, 7) is 6.21. The molecule has 1 N–H and O–H groups in total. The summed E-state index contributed by atoms with van der Waals surface area (Å²) in [7, 11) is 3.11. The van der Waals surface area contributed by atoms with Crippen molar-refractivity contribution in [3.8, 4) is 11.5 Å². The van der Waals surface area contributed by atoms with Gasteiger partial charge in [-0.15, -0.1) is 6.58 Å². The number of carbonyl (C=O) groups is 1. The monoisotopic (exact) mass is 357 g/mol. The minimum absolute atomic E-state index is 0.315. The molecule has 1 atom stereocenters. The second kappa shape index (κ2) is 8.69. The van der Waals surface area contributed by atoms with Crippen molar-refractivity contribution in [2.45, 2.75) is 13.0 Å². The Kier molecular flexibility index (Phi) is 7.25. The molecular formula is C15H20BrNO4. The molecule has 0 radical (unpaired) electrons. The van der Waals surface area contributed by atoms with E-state index in [2.05, 4.69) is 27.8 Å². The Morgan fingerprint density at radius 1 is 1.38 bits per heavy atom. The van der Waals surface area contributed by atoms with Crippen LogP contribution in [0.25, 0.3) is 0 Å². The second-order valence-electron chi connectivity index (χ2n) is 4.11. The highest BCUT2D eigenvalue weighted by atomic mass is 79.9. The highest BCUT2D eigenvalue weighted by Gasteiger charge is 2.25. The zero-order valence-corrected chi connectivity index (χ0v) is 14.0. The number of esters is 1. The fourth-order valence-corrected chi connectivity index (χ4v) is 2.39. The average molecular weight is 358 g/mol. The highest BCUT2D eigenvalue weighted by Crippen LogP contribution is 2.36. The Morgan fingerprint density at radius 3 is 2.52 bits per heavy atom. The molecular weight excluding hydrogens is 338 g/mol. The van der Waals surface area contributed by atoms with Crippen molar-refractivity contribution >= 4 is 21.9 Å². The van der Waals surface area contributed by atoms with Crippen molar-refractivity contribution in [3.63, 3.8) is 0 Å². The molecule has 0 aliphatic heterocycles. The Hall–Kier alpha value is -1.53. The lowest BCUT2D eigenvalue weighted by molar-refractivity contribution is -0.145. The molecule has 0 bridgehead atoms. The summed E-state index contributed by atoms with van der Waals surface area (Å²) in [6, 6.07) is 2.90. The molecule has 1 aromatic carbocycles. The number of carbonyl (C=O) groups excluding carboxylic acids is 1. The van der Waals surface area contributed by atoms with Crippen molar-refractivity contribution in [2.75, 3.05) is 27.4 Å². The van der Waals surface area contributed by atoms with Gasteiger partial charge in [0.05, 0.1) is 20.8 Å². The van der Waals surface area contributed by atoms with Crippen LogP contribution in [0.3, 0.4) is 0 Å². The molecule has 0 heterocycles. The molecule has 0 saturated heterocycles. The number of ether oxygens (including phenoxy) is 3. The molecule has 116 valence electrons. The van der Waals surface area contributed by atoms with Crippen molar-refractivity contribution in [2.24, 2.45) is 0 Å². The first-order valence-electron chi connectivity index (χ1n) is 6.51. The SMILES string of the molecule is C=CCNC(C(=O)OCC)c1cc(OC)c(OC)cc1Br. The molecule has 0 saturated carbocycles. The minimum Gasteiger partial charge on any atom is -0.493 e. The minimum atomic E-state index is -0.614. The molecule has 1 aromatic rings. The molecule has 1 unspecified atom stereocenters. The second-order valence-corrected chi connectivity index (χ2v) is 4.97. The van der Waals surface area contributed by atoms with Crippen LogP contribution < -0.4 is 14.8 Å². The summed E-state index contributed by atoms with van der Waals surface area (Å²) >= 11 is 3.45. The lowest BCUT2D eigenvalue weighted by Crippen LogP contribution is -2.30. The quantitative estimate of drug-likeness (QED) is 0.572. The van der Waals surface area contributed by atoms with Gasteiger partial charge < -0.3 is 14.2 Å². The van der Waals surface area contributed by atoms with E-state index in [1.807, 2.05) is 0 Å². The van der Waals surface area contributed by atoms with E-state index in [1.165, 1.54) is 0 Å². The lowest BCUT2D eigenvalue weighted by atomic mass is 10.1. The van der Waals surface area contributed by atoms with Crippen LogP contribution in [0.4, 0.5) is 0 Å². The van der Waals surface area contributed by atoms with Crippen LogP contribution in [-0.4, -0.2) is 33.3 Å². The molecule has 1 rings (SSSR count). The van der Waals surface area contributed by atoms with E-state index in [4.69, 9.17) is 14.2 Å². The first-order valence-corrected chi connectivity index (χ1v) is 7.30. The van der Waals surface area contributed by atoms with Gasteiger partial charge in [-0.25, -0.2) is 4.79 Å². The van der Waals surface area contributed by atoms with Gasteiger partial charge in [-0.3, -0.25) is 5.32 Å². The van der Waals surface area contributed by atoms with E-state index in [0.29, 0.717) is 30.2 Å². The summed E-state index contributed by atoms with van der Waals surface area (Å²) < 4.78 is 16.4. The highest BCUT2D eigenvalue weighted by molar-refractivity contribution is 9.10. The van der Waals surface area contributed by atoms with Gasteiger partial charge >= 0.3 is 5.97 Å². The van der Waals surface area contributed by atoms with Gasteiger partial charge in [0.15, 0.2) is 11.5 Å². The molecule has 0 aliphatic carbocycles. The summed E-state index contributed by atoms with van der Waals surface area (Å²) in [5.41, 5.74) is 0.716. The summed E-state index contributed by atoms with van der Waals surface area (Å²) in [6.07, 6.45) is 1.68. The van der Waals surface area contributed by atoms with Gasteiger partial charge in [-0.05, 0) is 24.6 Å². The molecule has 0 spiro atoms. The maximum atomic E-state index is 12.1. The lowest BCUT2D eigenvalue weighted by Gasteiger charge is -2.20. The van der Waals surface area contributed by atoms with E-state index >= 15 is 0 Å². The van der Waals surface area contributed by atoms with Crippen LogP contribution in [0.15, 0.2) is 29.3 Å². The average Bonchev–Trinajstić information content (AvgIpc) is 2.48. The van der Waals surface area contributed by atoms with Crippen LogP contribution >= 0.6 is 15.9 Å². The summed E-state index contributed by atoms with van der Waals surface area (Å²) in [5, 5.41) is 3.08. The van der Waals surface area contributed by atoms with Crippen molar-refractivity contribution in [3.05, 3.63) is 34.8 Å². The van der Waals surface area contributed by atoms with Crippen molar-refractivity contribution < 1.29 is 19.0 Å². The van der Waals surface area contributed by atoms with Crippen LogP contribution in [0.5, 0.6) is 11.5 Å². The fourth-order valence-electron chi connectivity index (χ4n) is 1.84. The van der Waals surface area contributed by atoms with Gasteiger partial charge in [-0.1, -0.05) is 22.0 Å². The van der Waals surface area contributed by atoms with E-state index in [0.717, 1.165) is 4.47 Å². The predicted molar refractivity (Wildman–Crippen MR) is 84.8 cm³/mol. The predicted octanol–water partition coefficient (Wildman–Crippen LogP) is 2.85. The smallest absolute Gasteiger partial charge is 0.327 e. The summed E-state index contributed by atoms with van der Waals surface area (Å²) in [4.78, 5) is 12.1. The van der Waals surface area contributed by atoms with Gasteiger partial charge in [0, 0.05) is 11.0 Å². The third-order valence-corrected chi connectivity index (χ3v) is 3.49. The zero-order valence-electron chi connectivity index (χ0n) is 12.4. The van der Waals surface area contributed by atoms with Crippen LogP contribution in [0.1, 0.15) is 18.5 Å². The maximum Gasteiger partial charge on any atom is 0.327 e. The maximum absolute atomic E-state index is 12.1. The van der Waals surface area contributed by atoms with Gasteiger partial charge in [0.25, 0.3) is 0 Å². The standard InChI is InChI=1S/C15H20BrNO4/c1-5-7-17-14(15(18)21-6-2)10-8-12(19-3)13(20-4)9-11(10)16/h5,8-9,14,17H,1,6-7H2,2-4H3. The number of hydrogen-bond donors (Lipinski definition) is 1. The number of methoxy groups -OCH3 is 2. The number of nitrogens with one attached hydrogen (secondary N) is 1. The summed E-state index contributed by atoms with van der Waals surface area (Å²) in [5.74, 6) is 0.775. The largest absolute Gasteiger partial charge is 0.493 e. The van der Waals surface area contributed by atoms with Crippen molar-refractivity contribution in [1.29, 1.82) is 0 Å². The van der Waals surface area contributed by atoms with Gasteiger partial charge in [-0.2, -0.15) is 0 Å². The zero-order chi connectivity index (χ0) is 15.8. The Morgan fingerprint density at radius 2 is 2.00 bits per heavy atom. The fraction of sp³-hybridized carbons (Fsp3) is 0.400. The van der Waals surface area contributed by atoms with E-state index in [1.54, 1.807) is 39.4 Å². The molecule has 0 aromatic heterocycles. The topological polar surface area (TPSA) is 56.8 Å². The Labute approximate surface area is 133 Å². The molecule has 0 aliphatic rings. The Bertz CT molecular complexity index is 505. The van der Waals surface area contributed by atoms with Crippen LogP contribution in [0, 0.1) is 0 Å². The molecule has 21 heavy (non-hydrogen) atoms. The number of rotatable bonds is 8. The van der Waals surface area contributed by atoms with Crippen LogP contribution in [0.2, 0.25) is 0 Å². The van der Waals surface area contributed by atoms with Gasteiger partial charge in [0.1, 0.15) is 6.04 Å². The van der Waals surface area contributed by atoms with Gasteiger partial charge in [0.2, 0.25) is 0 Å². The van der Waals surface area contributed by atoms with E-state index < -0.39 is 6.04 Å². The molecule has 6 heteroatoms. The molecule has 5 nitrogen and oxygen atoms in total. The first kappa shape index (κ1) is 17.5. The Balaban J connectivity index is 3.22. The van der Waals surface area contributed by atoms with Crippen molar-refractivity contribution in [1.82, 2.24) is 5.32 Å². The number of benzene rings is 1. The normalized spacial score (nSPS) is 11.6. The third-order valence-electron chi connectivity index (χ3n) is 2.80. The third kappa shape index (κ3) is 4.47. The van der Waals surface area contributed by atoms with E-state index in [9.17, 15) is 4.79 Å². The molecule has 0 fully saturated rings.